The molecule has 0 aliphatic heterocycles. The van der Waals surface area contributed by atoms with Crippen molar-refractivity contribution in [3.63, 3.8) is 0 Å². The van der Waals surface area contributed by atoms with Crippen LogP contribution in [0.3, 0.4) is 0 Å². The van der Waals surface area contributed by atoms with E-state index in [1.54, 1.807) is 13.0 Å². The Balaban J connectivity index is 2.40. The topological polar surface area (TPSA) is 44.0 Å². The Bertz CT molecular complexity index is 861. The summed E-state index contributed by atoms with van der Waals surface area (Å²) in [5, 5.41) is 20.6. The zero-order valence-corrected chi connectivity index (χ0v) is 11.6. The van der Waals surface area contributed by atoms with E-state index in [-0.39, 0.29) is 0 Å². The first-order valence-electron chi connectivity index (χ1n) is 6.62. The molecule has 0 fully saturated rings. The van der Waals surface area contributed by atoms with Crippen LogP contribution in [0.4, 0.5) is 0 Å². The van der Waals surface area contributed by atoms with Crippen molar-refractivity contribution in [2.75, 3.05) is 0 Å². The van der Waals surface area contributed by atoms with Crippen LogP contribution in [-0.4, -0.2) is 5.11 Å². The molecular formula is C19H13NO. The first-order chi connectivity index (χ1) is 10.1. The van der Waals surface area contributed by atoms with Gasteiger partial charge in [0.25, 0.3) is 0 Å². The van der Waals surface area contributed by atoms with Crippen LogP contribution in [0.1, 0.15) is 23.6 Å². The number of nitriles is 1. The van der Waals surface area contributed by atoms with Crippen LogP contribution in [0.5, 0.6) is 0 Å². The molecule has 100 valence electrons. The van der Waals surface area contributed by atoms with E-state index in [0.717, 1.165) is 16.7 Å². The largest absolute Gasteiger partial charge is 0.369 e. The van der Waals surface area contributed by atoms with Gasteiger partial charge >= 0.3 is 0 Å². The minimum absolute atomic E-state index is 0.446. The Morgan fingerprint density at radius 3 is 2.57 bits per heavy atom. The van der Waals surface area contributed by atoms with Gasteiger partial charge in [-0.25, -0.2) is 0 Å². The first-order valence-corrected chi connectivity index (χ1v) is 6.62. The van der Waals surface area contributed by atoms with Crippen LogP contribution in [0.15, 0.2) is 54.6 Å². The van der Waals surface area contributed by atoms with E-state index in [9.17, 15) is 10.4 Å². The molecule has 2 nitrogen and oxygen atoms in total. The number of fused-ring (bicyclic) bond motifs is 3. The molecule has 0 saturated heterocycles. The average molecular weight is 271 g/mol. The Kier molecular flexibility index (Phi) is 2.91. The first kappa shape index (κ1) is 13.2. The molecule has 2 heteroatoms. The van der Waals surface area contributed by atoms with Gasteiger partial charge in [-0.3, -0.25) is 0 Å². The lowest BCUT2D eigenvalue weighted by Crippen LogP contribution is -2.23. The summed E-state index contributed by atoms with van der Waals surface area (Å²) in [5.74, 6) is 5.76. The molecule has 0 saturated carbocycles. The predicted octanol–water partition coefficient (Wildman–Crippen LogP) is 3.35. The Morgan fingerprint density at radius 2 is 1.86 bits per heavy atom. The van der Waals surface area contributed by atoms with Crippen molar-refractivity contribution in [2.45, 2.75) is 12.5 Å². The molecular weight excluding hydrogens is 258 g/mol. The van der Waals surface area contributed by atoms with E-state index in [1.165, 1.54) is 0 Å². The van der Waals surface area contributed by atoms with Gasteiger partial charge in [0.05, 0.1) is 11.6 Å². The third kappa shape index (κ3) is 1.86. The van der Waals surface area contributed by atoms with Gasteiger partial charge < -0.3 is 5.11 Å². The van der Waals surface area contributed by atoms with Gasteiger partial charge in [-0.15, -0.1) is 0 Å². The van der Waals surface area contributed by atoms with Crippen molar-refractivity contribution < 1.29 is 5.11 Å². The molecule has 1 aliphatic carbocycles. The summed E-state index contributed by atoms with van der Waals surface area (Å²) in [6.45, 7) is 5.54. The van der Waals surface area contributed by atoms with Gasteiger partial charge in [0.1, 0.15) is 0 Å². The monoisotopic (exact) mass is 271 g/mol. The van der Waals surface area contributed by atoms with Gasteiger partial charge in [0, 0.05) is 11.1 Å². The Morgan fingerprint density at radius 1 is 1.14 bits per heavy atom. The van der Waals surface area contributed by atoms with Gasteiger partial charge in [-0.2, -0.15) is 5.26 Å². The van der Waals surface area contributed by atoms with Crippen molar-refractivity contribution in [1.82, 2.24) is 0 Å². The minimum Gasteiger partial charge on any atom is -0.369 e. The van der Waals surface area contributed by atoms with Crippen LogP contribution >= 0.6 is 0 Å². The third-order valence-electron chi connectivity index (χ3n) is 3.61. The quantitative estimate of drug-likeness (QED) is 0.747. The smallest absolute Gasteiger partial charge is 0.179 e. The number of allylic oxidation sites excluding steroid dienone is 1. The van der Waals surface area contributed by atoms with Gasteiger partial charge in [-0.1, -0.05) is 54.8 Å². The molecule has 0 spiro atoms. The lowest BCUT2D eigenvalue weighted by Gasteiger charge is -2.20. The molecule has 1 aliphatic rings. The molecule has 0 heterocycles. The summed E-state index contributed by atoms with van der Waals surface area (Å²) < 4.78 is 0. The van der Waals surface area contributed by atoms with Crippen LogP contribution in [0.25, 0.3) is 11.1 Å². The molecule has 0 aromatic heterocycles. The fraction of sp³-hybridized carbons (Fsp3) is 0.105. The number of rotatable bonds is 0. The van der Waals surface area contributed by atoms with Crippen molar-refractivity contribution in [3.05, 3.63) is 71.3 Å². The highest BCUT2D eigenvalue weighted by atomic mass is 16.3. The van der Waals surface area contributed by atoms with E-state index in [2.05, 4.69) is 24.5 Å². The molecule has 0 amide bonds. The van der Waals surface area contributed by atoms with E-state index < -0.39 is 5.60 Å². The van der Waals surface area contributed by atoms with Gasteiger partial charge in [0.2, 0.25) is 0 Å². The molecule has 0 bridgehead atoms. The van der Waals surface area contributed by atoms with Crippen LogP contribution in [0.2, 0.25) is 0 Å². The zero-order valence-electron chi connectivity index (χ0n) is 11.6. The second-order valence-corrected chi connectivity index (χ2v) is 5.13. The van der Waals surface area contributed by atoms with Crippen LogP contribution in [-0.2, 0) is 5.60 Å². The summed E-state index contributed by atoms with van der Waals surface area (Å²) in [4.78, 5) is 0. The van der Waals surface area contributed by atoms with Crippen LogP contribution < -0.4 is 0 Å². The summed E-state index contributed by atoms with van der Waals surface area (Å²) in [6.07, 6.45) is 0. The number of hydrogen-bond acceptors (Lipinski definition) is 2. The summed E-state index contributed by atoms with van der Waals surface area (Å²) in [5.41, 5.74) is 2.73. The highest BCUT2D eigenvalue weighted by Gasteiger charge is 2.42. The molecule has 2 aromatic rings. The number of nitrogens with zero attached hydrogens (tertiary/aromatic N) is 1. The molecule has 2 aromatic carbocycles. The molecule has 21 heavy (non-hydrogen) atoms. The Labute approximate surface area is 124 Å². The highest BCUT2D eigenvalue weighted by Crippen LogP contribution is 2.48. The molecule has 0 unspecified atom stereocenters. The predicted molar refractivity (Wildman–Crippen MR) is 82.2 cm³/mol. The van der Waals surface area contributed by atoms with E-state index >= 15 is 0 Å². The third-order valence-corrected chi connectivity index (χ3v) is 3.61. The van der Waals surface area contributed by atoms with Crippen molar-refractivity contribution >= 4 is 0 Å². The maximum atomic E-state index is 11.2. The average Bonchev–Trinajstić information content (AvgIpc) is 2.76. The van der Waals surface area contributed by atoms with E-state index in [4.69, 9.17) is 0 Å². The fourth-order valence-corrected chi connectivity index (χ4v) is 2.75. The normalized spacial score (nSPS) is 18.0. The van der Waals surface area contributed by atoms with E-state index in [1.807, 2.05) is 36.4 Å². The minimum atomic E-state index is -1.46. The Hall–Kier alpha value is -2.81. The lowest BCUT2D eigenvalue weighted by atomic mass is 9.89. The SMILES string of the molecule is C=C(C)C#C[C@@]1(O)c2ccccc2-c2cccc(C#N)c21. The molecule has 0 radical (unpaired) electrons. The van der Waals surface area contributed by atoms with E-state index in [0.29, 0.717) is 16.7 Å². The van der Waals surface area contributed by atoms with Crippen molar-refractivity contribution in [2.24, 2.45) is 0 Å². The summed E-state index contributed by atoms with van der Waals surface area (Å²) >= 11 is 0. The number of aliphatic hydroxyl groups is 1. The fourth-order valence-electron chi connectivity index (χ4n) is 2.75. The molecule has 1 N–H and O–H groups in total. The molecule has 1 atom stereocenters. The molecule has 3 rings (SSSR count). The second-order valence-electron chi connectivity index (χ2n) is 5.13. The van der Waals surface area contributed by atoms with Crippen molar-refractivity contribution in [1.29, 1.82) is 5.26 Å². The van der Waals surface area contributed by atoms with Crippen molar-refractivity contribution in [3.8, 4) is 29.0 Å². The van der Waals surface area contributed by atoms with Crippen LogP contribution in [0, 0.1) is 23.2 Å². The second kappa shape index (κ2) is 4.63. The van der Waals surface area contributed by atoms with Gasteiger partial charge in [-0.05, 0) is 29.7 Å². The standard InChI is InChI=1S/C19H13NO/c1-13(2)10-11-19(21)17-9-4-3-7-15(17)16-8-5-6-14(12-20)18(16)19/h3-9,21H,1H2,2H3/t19-/m1/s1. The maximum absolute atomic E-state index is 11.2. The zero-order chi connectivity index (χ0) is 15.0. The van der Waals surface area contributed by atoms with Gasteiger partial charge in [0.15, 0.2) is 5.60 Å². The maximum Gasteiger partial charge on any atom is 0.179 e. The number of hydrogen-bond donors (Lipinski definition) is 1. The number of benzene rings is 2. The lowest BCUT2D eigenvalue weighted by molar-refractivity contribution is 0.150. The summed E-state index contributed by atoms with van der Waals surface area (Å²) in [7, 11) is 0. The summed E-state index contributed by atoms with van der Waals surface area (Å²) in [6, 6.07) is 15.2. The highest BCUT2D eigenvalue weighted by molar-refractivity contribution is 5.84.